The number of rotatable bonds is 6. The topological polar surface area (TPSA) is 123 Å². The molecular formula is C17H16BrN5O4. The predicted octanol–water partition coefficient (Wildman–Crippen LogP) is 1.75. The highest BCUT2D eigenvalue weighted by Crippen LogP contribution is 2.28. The number of methoxy groups -OCH3 is 1. The largest absolute Gasteiger partial charge is 0.464 e. The standard InChI is InChI=1S/C17H16BrN5O4/c1-9-12(15(25)10-4-3-5-11(18)8-10)14(17(26)27-2)19-13(9)16-20-22-23(21-16)6-7-24/h3-5,8,19,24H,6-7H2,1-2H3. The quantitative estimate of drug-likeness (QED) is 0.448. The van der Waals surface area contributed by atoms with Gasteiger partial charge in [0.05, 0.1) is 31.5 Å². The normalized spacial score (nSPS) is 10.8. The molecule has 0 saturated heterocycles. The molecule has 3 aromatic rings. The SMILES string of the molecule is COC(=O)c1[nH]c(-c2nnn(CCO)n2)c(C)c1C(=O)c1cccc(Br)c1. The third-order valence-electron chi connectivity index (χ3n) is 3.93. The van der Waals surface area contributed by atoms with E-state index in [4.69, 9.17) is 9.84 Å². The number of H-pyrrole nitrogens is 1. The van der Waals surface area contributed by atoms with E-state index >= 15 is 0 Å². The zero-order valence-electron chi connectivity index (χ0n) is 14.6. The number of carbonyl (C=O) groups is 2. The fourth-order valence-electron chi connectivity index (χ4n) is 2.66. The van der Waals surface area contributed by atoms with Crippen molar-refractivity contribution in [2.45, 2.75) is 13.5 Å². The van der Waals surface area contributed by atoms with Gasteiger partial charge in [-0.25, -0.2) is 4.79 Å². The first-order valence-corrected chi connectivity index (χ1v) is 8.75. The van der Waals surface area contributed by atoms with Gasteiger partial charge in [0.15, 0.2) is 5.78 Å². The predicted molar refractivity (Wildman–Crippen MR) is 98.3 cm³/mol. The molecule has 1 aromatic carbocycles. The van der Waals surface area contributed by atoms with Crippen LogP contribution in [0.3, 0.4) is 0 Å². The van der Waals surface area contributed by atoms with Gasteiger partial charge in [-0.05, 0) is 29.8 Å². The molecule has 0 saturated carbocycles. The molecule has 0 amide bonds. The molecule has 10 heteroatoms. The number of aromatic nitrogens is 5. The highest BCUT2D eigenvalue weighted by molar-refractivity contribution is 9.10. The summed E-state index contributed by atoms with van der Waals surface area (Å²) >= 11 is 3.34. The summed E-state index contributed by atoms with van der Waals surface area (Å²) in [7, 11) is 1.24. The number of ketones is 1. The van der Waals surface area contributed by atoms with Crippen LogP contribution in [0, 0.1) is 6.92 Å². The smallest absolute Gasteiger partial charge is 0.355 e. The highest BCUT2D eigenvalue weighted by atomic mass is 79.9. The number of aromatic amines is 1. The lowest BCUT2D eigenvalue weighted by molar-refractivity contribution is 0.0591. The lowest BCUT2D eigenvalue weighted by Crippen LogP contribution is -2.11. The Balaban J connectivity index is 2.13. The number of aliphatic hydroxyl groups excluding tert-OH is 1. The van der Waals surface area contributed by atoms with Crippen LogP contribution >= 0.6 is 15.9 Å². The van der Waals surface area contributed by atoms with Gasteiger partial charge in [-0.1, -0.05) is 28.1 Å². The Labute approximate surface area is 162 Å². The second-order valence-corrected chi connectivity index (χ2v) is 6.55. The van der Waals surface area contributed by atoms with Gasteiger partial charge < -0.3 is 14.8 Å². The van der Waals surface area contributed by atoms with Gasteiger partial charge in [0.2, 0.25) is 5.82 Å². The average Bonchev–Trinajstić information content (AvgIpc) is 3.25. The molecule has 0 bridgehead atoms. The Bertz CT molecular complexity index is 1010. The van der Waals surface area contributed by atoms with E-state index in [1.54, 1.807) is 31.2 Å². The molecule has 0 unspecified atom stereocenters. The van der Waals surface area contributed by atoms with Gasteiger partial charge in [0.25, 0.3) is 0 Å². The van der Waals surface area contributed by atoms with E-state index in [0.29, 0.717) is 16.8 Å². The number of hydrogen-bond donors (Lipinski definition) is 2. The van der Waals surface area contributed by atoms with E-state index in [0.717, 1.165) is 4.47 Å². The van der Waals surface area contributed by atoms with Crippen molar-refractivity contribution in [1.29, 1.82) is 0 Å². The summed E-state index contributed by atoms with van der Waals surface area (Å²) in [6.45, 7) is 1.73. The van der Waals surface area contributed by atoms with Crippen molar-refractivity contribution in [1.82, 2.24) is 25.2 Å². The van der Waals surface area contributed by atoms with Crippen molar-refractivity contribution in [3.63, 3.8) is 0 Å². The Hall–Kier alpha value is -2.85. The summed E-state index contributed by atoms with van der Waals surface area (Å²) in [4.78, 5) is 29.4. The number of tetrazole rings is 1. The van der Waals surface area contributed by atoms with E-state index in [1.165, 1.54) is 11.9 Å². The highest BCUT2D eigenvalue weighted by Gasteiger charge is 2.28. The van der Waals surface area contributed by atoms with Crippen LogP contribution in [0.1, 0.15) is 32.0 Å². The molecule has 0 atom stereocenters. The van der Waals surface area contributed by atoms with E-state index in [1.807, 2.05) is 0 Å². The monoisotopic (exact) mass is 433 g/mol. The minimum Gasteiger partial charge on any atom is -0.464 e. The molecule has 0 aliphatic heterocycles. The van der Waals surface area contributed by atoms with Gasteiger partial charge in [0.1, 0.15) is 5.69 Å². The van der Waals surface area contributed by atoms with Crippen LogP contribution in [-0.2, 0) is 11.3 Å². The number of ether oxygens (including phenoxy) is 1. The van der Waals surface area contributed by atoms with Gasteiger partial charge in [-0.2, -0.15) is 4.80 Å². The molecule has 9 nitrogen and oxygen atoms in total. The average molecular weight is 434 g/mol. The van der Waals surface area contributed by atoms with Gasteiger partial charge in [-0.3, -0.25) is 4.79 Å². The van der Waals surface area contributed by atoms with Crippen LogP contribution in [-0.4, -0.2) is 55.8 Å². The molecule has 0 aliphatic carbocycles. The first-order chi connectivity index (χ1) is 13.0. The van der Waals surface area contributed by atoms with Crippen molar-refractivity contribution in [3.05, 3.63) is 51.1 Å². The van der Waals surface area contributed by atoms with Gasteiger partial charge >= 0.3 is 5.97 Å². The zero-order valence-corrected chi connectivity index (χ0v) is 16.1. The first-order valence-electron chi connectivity index (χ1n) is 7.96. The molecule has 140 valence electrons. The molecule has 0 radical (unpaired) electrons. The number of nitrogens with one attached hydrogen (secondary N) is 1. The van der Waals surface area contributed by atoms with E-state index in [-0.39, 0.29) is 36.0 Å². The van der Waals surface area contributed by atoms with E-state index in [9.17, 15) is 9.59 Å². The third kappa shape index (κ3) is 3.67. The van der Waals surface area contributed by atoms with Crippen LogP contribution in [0.5, 0.6) is 0 Å². The second-order valence-electron chi connectivity index (χ2n) is 5.64. The maximum Gasteiger partial charge on any atom is 0.355 e. The van der Waals surface area contributed by atoms with Crippen LogP contribution < -0.4 is 0 Å². The van der Waals surface area contributed by atoms with Crippen LogP contribution in [0.4, 0.5) is 0 Å². The number of carbonyl (C=O) groups excluding carboxylic acids is 2. The molecule has 2 N–H and O–H groups in total. The molecule has 2 aromatic heterocycles. The minimum atomic E-state index is -0.676. The number of nitrogens with zero attached hydrogens (tertiary/aromatic N) is 4. The molecular weight excluding hydrogens is 418 g/mol. The van der Waals surface area contributed by atoms with Crippen molar-refractivity contribution in [2.75, 3.05) is 13.7 Å². The number of benzene rings is 1. The molecule has 0 aliphatic rings. The minimum absolute atomic E-state index is 0.0217. The third-order valence-corrected chi connectivity index (χ3v) is 4.42. The maximum atomic E-state index is 13.1. The molecule has 2 heterocycles. The Kier molecular flexibility index (Phi) is 5.47. The Morgan fingerprint density at radius 2 is 2.15 bits per heavy atom. The summed E-state index contributed by atoms with van der Waals surface area (Å²) in [5.41, 5.74) is 1.52. The number of halogens is 1. The number of aliphatic hydroxyl groups is 1. The molecule has 3 rings (SSSR count). The molecule has 27 heavy (non-hydrogen) atoms. The fourth-order valence-corrected chi connectivity index (χ4v) is 3.06. The Morgan fingerprint density at radius 1 is 1.37 bits per heavy atom. The summed E-state index contributed by atoms with van der Waals surface area (Å²) in [6.07, 6.45) is 0. The molecule has 0 spiro atoms. The molecule has 0 fully saturated rings. The van der Waals surface area contributed by atoms with Crippen molar-refractivity contribution < 1.29 is 19.4 Å². The van der Waals surface area contributed by atoms with Crippen molar-refractivity contribution in [3.8, 4) is 11.5 Å². The summed E-state index contributed by atoms with van der Waals surface area (Å²) in [5.74, 6) is -0.802. The van der Waals surface area contributed by atoms with Crippen LogP contribution in [0.15, 0.2) is 28.7 Å². The van der Waals surface area contributed by atoms with Gasteiger partial charge in [-0.15, -0.1) is 10.2 Å². The maximum absolute atomic E-state index is 13.1. The second kappa shape index (κ2) is 7.80. The van der Waals surface area contributed by atoms with Crippen molar-refractivity contribution in [2.24, 2.45) is 0 Å². The summed E-state index contributed by atoms with van der Waals surface area (Å²) < 4.78 is 5.55. The van der Waals surface area contributed by atoms with E-state index in [2.05, 4.69) is 36.3 Å². The van der Waals surface area contributed by atoms with Crippen molar-refractivity contribution >= 4 is 27.7 Å². The van der Waals surface area contributed by atoms with Crippen LogP contribution in [0.2, 0.25) is 0 Å². The lowest BCUT2D eigenvalue weighted by Gasteiger charge is -2.04. The summed E-state index contributed by atoms with van der Waals surface area (Å²) in [6, 6.07) is 6.87. The summed E-state index contributed by atoms with van der Waals surface area (Å²) in [5, 5.41) is 20.9. The number of esters is 1. The lowest BCUT2D eigenvalue weighted by atomic mass is 9.99. The first kappa shape index (κ1) is 18.9. The zero-order chi connectivity index (χ0) is 19.6. The van der Waals surface area contributed by atoms with Gasteiger partial charge in [0, 0.05) is 10.0 Å². The van der Waals surface area contributed by atoms with E-state index < -0.39 is 5.97 Å². The fraction of sp³-hybridized carbons (Fsp3) is 0.235. The number of hydrogen-bond acceptors (Lipinski definition) is 7. The van der Waals surface area contributed by atoms with Crippen LogP contribution in [0.25, 0.3) is 11.5 Å². The Morgan fingerprint density at radius 3 is 2.81 bits per heavy atom.